The van der Waals surface area contributed by atoms with Crippen LogP contribution in [0.25, 0.3) is 0 Å². The van der Waals surface area contributed by atoms with Gasteiger partial charge in [0.2, 0.25) is 0 Å². The van der Waals surface area contributed by atoms with Gasteiger partial charge in [0.25, 0.3) is 0 Å². The molecule has 0 unspecified atom stereocenters. The lowest BCUT2D eigenvalue weighted by molar-refractivity contribution is 0.370. The first kappa shape index (κ1) is 13.3. The molecule has 19 heavy (non-hydrogen) atoms. The summed E-state index contributed by atoms with van der Waals surface area (Å²) in [6, 6.07) is 14.0. The minimum atomic E-state index is 0.727. The van der Waals surface area contributed by atoms with Crippen LogP contribution in [0, 0.1) is 0 Å². The molecule has 3 heteroatoms. The molecule has 0 bridgehead atoms. The van der Waals surface area contributed by atoms with Gasteiger partial charge < -0.3 is 14.2 Å². The van der Waals surface area contributed by atoms with E-state index in [4.69, 9.17) is 14.2 Å². The summed E-state index contributed by atoms with van der Waals surface area (Å²) in [4.78, 5) is 0. The topological polar surface area (TPSA) is 27.7 Å². The van der Waals surface area contributed by atoms with E-state index in [0.717, 1.165) is 29.2 Å². The summed E-state index contributed by atoms with van der Waals surface area (Å²) in [5.74, 6) is 2.28. The Labute approximate surface area is 113 Å². The molecule has 0 atom stereocenters. The molecule has 0 aliphatic rings. The van der Waals surface area contributed by atoms with Crippen LogP contribution in [0.1, 0.15) is 11.1 Å². The van der Waals surface area contributed by atoms with Gasteiger partial charge in [0.15, 0.2) is 0 Å². The van der Waals surface area contributed by atoms with Crippen molar-refractivity contribution in [3.05, 3.63) is 53.6 Å². The van der Waals surface area contributed by atoms with E-state index < -0.39 is 0 Å². The average Bonchev–Trinajstić information content (AvgIpc) is 2.48. The van der Waals surface area contributed by atoms with Crippen LogP contribution in [0.2, 0.25) is 0 Å². The molecular formula is C16H18O3. The first-order valence-electron chi connectivity index (χ1n) is 6.11. The van der Waals surface area contributed by atoms with E-state index in [1.807, 2.05) is 30.3 Å². The zero-order valence-corrected chi connectivity index (χ0v) is 11.5. The largest absolute Gasteiger partial charge is 0.496 e. The smallest absolute Gasteiger partial charge is 0.129 e. The van der Waals surface area contributed by atoms with E-state index in [9.17, 15) is 0 Å². The Morgan fingerprint density at radius 2 is 1.37 bits per heavy atom. The molecule has 0 radical (unpaired) electrons. The van der Waals surface area contributed by atoms with Crippen LogP contribution in [0.5, 0.6) is 17.2 Å². The van der Waals surface area contributed by atoms with Crippen molar-refractivity contribution in [1.82, 2.24) is 0 Å². The number of rotatable bonds is 5. The zero-order chi connectivity index (χ0) is 13.7. The van der Waals surface area contributed by atoms with Gasteiger partial charge in [0.1, 0.15) is 17.2 Å². The van der Waals surface area contributed by atoms with Gasteiger partial charge in [0, 0.05) is 24.1 Å². The highest BCUT2D eigenvalue weighted by molar-refractivity contribution is 5.52. The quantitative estimate of drug-likeness (QED) is 0.823. The predicted octanol–water partition coefficient (Wildman–Crippen LogP) is 3.30. The molecule has 2 aromatic carbocycles. The van der Waals surface area contributed by atoms with E-state index >= 15 is 0 Å². The molecule has 100 valence electrons. The Bertz CT molecular complexity index is 510. The van der Waals surface area contributed by atoms with E-state index in [1.54, 1.807) is 21.3 Å². The molecule has 0 fully saturated rings. The van der Waals surface area contributed by atoms with Gasteiger partial charge in [-0.05, 0) is 5.56 Å². The summed E-state index contributed by atoms with van der Waals surface area (Å²) < 4.78 is 16.1. The molecule has 0 aromatic heterocycles. The lowest BCUT2D eigenvalue weighted by atomic mass is 10.0. The van der Waals surface area contributed by atoms with Gasteiger partial charge >= 0.3 is 0 Å². The fourth-order valence-corrected chi connectivity index (χ4v) is 2.05. The maximum atomic E-state index is 5.44. The van der Waals surface area contributed by atoms with Crippen LogP contribution in [0.4, 0.5) is 0 Å². The first-order chi connectivity index (χ1) is 9.28. The number of hydrogen-bond acceptors (Lipinski definition) is 3. The fraction of sp³-hybridized carbons (Fsp3) is 0.250. The zero-order valence-electron chi connectivity index (χ0n) is 11.5. The second-order valence-corrected chi connectivity index (χ2v) is 4.17. The van der Waals surface area contributed by atoms with Crippen molar-refractivity contribution in [3.63, 3.8) is 0 Å². The molecule has 0 N–H and O–H groups in total. The van der Waals surface area contributed by atoms with E-state index in [1.165, 1.54) is 5.56 Å². The van der Waals surface area contributed by atoms with Gasteiger partial charge in [-0.25, -0.2) is 0 Å². The van der Waals surface area contributed by atoms with Crippen LogP contribution >= 0.6 is 0 Å². The SMILES string of the molecule is COc1cc(OC)c(Cc2ccccc2)c(OC)c1. The standard InChI is InChI=1S/C16H18O3/c1-17-13-10-15(18-2)14(16(11-13)19-3)9-12-7-5-4-6-8-12/h4-8,10-11H,9H2,1-3H3. The molecule has 2 aromatic rings. The van der Waals surface area contributed by atoms with E-state index in [-0.39, 0.29) is 0 Å². The summed E-state index contributed by atoms with van der Waals surface area (Å²) in [7, 11) is 4.94. The first-order valence-corrected chi connectivity index (χ1v) is 6.11. The highest BCUT2D eigenvalue weighted by atomic mass is 16.5. The molecule has 0 saturated heterocycles. The van der Waals surface area contributed by atoms with Crippen molar-refractivity contribution in [2.24, 2.45) is 0 Å². The third-order valence-corrected chi connectivity index (χ3v) is 3.04. The number of ether oxygens (including phenoxy) is 3. The summed E-state index contributed by atoms with van der Waals surface area (Å²) in [5.41, 5.74) is 2.24. The monoisotopic (exact) mass is 258 g/mol. The minimum absolute atomic E-state index is 0.727. The Morgan fingerprint density at radius 1 is 0.789 bits per heavy atom. The van der Waals surface area contributed by atoms with Gasteiger partial charge in [-0.3, -0.25) is 0 Å². The maximum Gasteiger partial charge on any atom is 0.129 e. The molecule has 0 heterocycles. The molecule has 2 rings (SSSR count). The van der Waals surface area contributed by atoms with Crippen molar-refractivity contribution < 1.29 is 14.2 Å². The number of hydrogen-bond donors (Lipinski definition) is 0. The lowest BCUT2D eigenvalue weighted by Gasteiger charge is -2.15. The highest BCUT2D eigenvalue weighted by Gasteiger charge is 2.13. The Kier molecular flexibility index (Phi) is 4.29. The van der Waals surface area contributed by atoms with Gasteiger partial charge in [-0.1, -0.05) is 30.3 Å². The molecule has 0 aliphatic carbocycles. The summed E-state index contributed by atoms with van der Waals surface area (Å²) in [5, 5.41) is 0. The molecule has 3 nitrogen and oxygen atoms in total. The second-order valence-electron chi connectivity index (χ2n) is 4.17. The lowest BCUT2D eigenvalue weighted by Crippen LogP contribution is -1.99. The van der Waals surface area contributed by atoms with Crippen LogP contribution in [-0.2, 0) is 6.42 Å². The van der Waals surface area contributed by atoms with Crippen molar-refractivity contribution in [3.8, 4) is 17.2 Å². The van der Waals surface area contributed by atoms with Crippen LogP contribution in [0.15, 0.2) is 42.5 Å². The minimum Gasteiger partial charge on any atom is -0.496 e. The fourth-order valence-electron chi connectivity index (χ4n) is 2.05. The summed E-state index contributed by atoms with van der Waals surface area (Å²) >= 11 is 0. The van der Waals surface area contributed by atoms with Gasteiger partial charge in [-0.2, -0.15) is 0 Å². The van der Waals surface area contributed by atoms with Crippen molar-refractivity contribution in [1.29, 1.82) is 0 Å². The number of methoxy groups -OCH3 is 3. The van der Waals surface area contributed by atoms with Gasteiger partial charge in [-0.15, -0.1) is 0 Å². The summed E-state index contributed by atoms with van der Waals surface area (Å²) in [6.07, 6.45) is 0.761. The molecule has 0 spiro atoms. The third-order valence-electron chi connectivity index (χ3n) is 3.04. The predicted molar refractivity (Wildman–Crippen MR) is 75.3 cm³/mol. The second kappa shape index (κ2) is 6.14. The summed E-state index contributed by atoms with van der Waals surface area (Å²) in [6.45, 7) is 0. The van der Waals surface area contributed by atoms with Crippen LogP contribution in [0.3, 0.4) is 0 Å². The normalized spacial score (nSPS) is 10.1. The van der Waals surface area contributed by atoms with Crippen molar-refractivity contribution in [2.45, 2.75) is 6.42 Å². The Hall–Kier alpha value is -2.16. The molecule has 0 aliphatic heterocycles. The van der Waals surface area contributed by atoms with Crippen LogP contribution < -0.4 is 14.2 Å². The molecular weight excluding hydrogens is 240 g/mol. The Morgan fingerprint density at radius 3 is 1.84 bits per heavy atom. The third kappa shape index (κ3) is 2.99. The van der Waals surface area contributed by atoms with E-state index in [0.29, 0.717) is 0 Å². The highest BCUT2D eigenvalue weighted by Crippen LogP contribution is 2.35. The van der Waals surface area contributed by atoms with Crippen molar-refractivity contribution in [2.75, 3.05) is 21.3 Å². The molecule has 0 saturated carbocycles. The molecule has 0 amide bonds. The van der Waals surface area contributed by atoms with Crippen molar-refractivity contribution >= 4 is 0 Å². The average molecular weight is 258 g/mol. The number of benzene rings is 2. The Balaban J connectivity index is 2.42. The van der Waals surface area contributed by atoms with Gasteiger partial charge in [0.05, 0.1) is 21.3 Å². The van der Waals surface area contributed by atoms with Crippen LogP contribution in [-0.4, -0.2) is 21.3 Å². The van der Waals surface area contributed by atoms with E-state index in [2.05, 4.69) is 12.1 Å². The maximum absolute atomic E-state index is 5.44.